The fourth-order valence-corrected chi connectivity index (χ4v) is 3.53. The molecule has 1 fully saturated rings. The van der Waals surface area contributed by atoms with Crippen molar-refractivity contribution in [2.24, 2.45) is 5.92 Å². The molecule has 1 aliphatic rings. The van der Waals surface area contributed by atoms with Gasteiger partial charge in [-0.25, -0.2) is 4.39 Å². The van der Waals surface area contributed by atoms with Gasteiger partial charge >= 0.3 is 0 Å². The lowest BCUT2D eigenvalue weighted by molar-refractivity contribution is -0.133. The van der Waals surface area contributed by atoms with Crippen LogP contribution in [0.15, 0.2) is 48.5 Å². The van der Waals surface area contributed by atoms with Gasteiger partial charge in [-0.2, -0.15) is 0 Å². The van der Waals surface area contributed by atoms with Gasteiger partial charge in [-0.1, -0.05) is 43.3 Å². The van der Waals surface area contributed by atoms with Crippen LogP contribution in [0.3, 0.4) is 0 Å². The Hall–Kier alpha value is -2.69. The monoisotopic (exact) mass is 368 g/mol. The Morgan fingerprint density at radius 3 is 2.56 bits per heavy atom. The number of nitrogens with zero attached hydrogens (tertiary/aromatic N) is 2. The Kier molecular flexibility index (Phi) is 5.89. The summed E-state index contributed by atoms with van der Waals surface area (Å²) in [6.07, 6.45) is 1.02. The molecule has 0 unspecified atom stereocenters. The van der Waals surface area contributed by atoms with Crippen molar-refractivity contribution >= 4 is 11.8 Å². The number of hydrogen-bond donors (Lipinski definition) is 0. The summed E-state index contributed by atoms with van der Waals surface area (Å²) in [5.41, 5.74) is 2.96. The van der Waals surface area contributed by atoms with E-state index in [1.807, 2.05) is 31.2 Å². The van der Waals surface area contributed by atoms with E-state index in [1.165, 1.54) is 12.1 Å². The van der Waals surface area contributed by atoms with E-state index in [-0.39, 0.29) is 23.5 Å². The summed E-state index contributed by atoms with van der Waals surface area (Å²) >= 11 is 0. The molecular formula is C22H25FN2O2. The summed E-state index contributed by atoms with van der Waals surface area (Å²) in [5.74, 6) is -0.351. The molecule has 0 aliphatic carbocycles. The molecule has 142 valence electrons. The molecule has 1 atom stereocenters. The van der Waals surface area contributed by atoms with Crippen LogP contribution >= 0.6 is 0 Å². The number of likely N-dealkylation sites (N-methyl/N-ethyl adjacent to an activating group) is 1. The maximum atomic E-state index is 13.2. The molecule has 4 nitrogen and oxygen atoms in total. The standard InChI is InChI=1S/C22H25FN2O2/c1-3-21(26)25-12-11-24(2)22(27)19(15-25)14-16-5-4-6-18(13-16)17-7-9-20(23)10-8-17/h4-10,13,19H,3,11-12,14-15H2,1-2H3/t19-/m1/s1. The fraction of sp³-hybridized carbons (Fsp3) is 0.364. The minimum absolute atomic E-state index is 0.0774. The lowest BCUT2D eigenvalue weighted by atomic mass is 9.95. The molecule has 0 saturated carbocycles. The van der Waals surface area contributed by atoms with Gasteiger partial charge in [0.15, 0.2) is 0 Å². The third-order valence-corrected chi connectivity index (χ3v) is 5.11. The molecule has 1 saturated heterocycles. The first-order valence-electron chi connectivity index (χ1n) is 9.35. The van der Waals surface area contributed by atoms with Crippen LogP contribution in [0.5, 0.6) is 0 Å². The second kappa shape index (κ2) is 8.33. The molecule has 1 heterocycles. The van der Waals surface area contributed by atoms with E-state index in [4.69, 9.17) is 0 Å². The van der Waals surface area contributed by atoms with Crippen molar-refractivity contribution in [3.63, 3.8) is 0 Å². The predicted octanol–water partition coefficient (Wildman–Crippen LogP) is 3.36. The highest BCUT2D eigenvalue weighted by molar-refractivity contribution is 5.82. The summed E-state index contributed by atoms with van der Waals surface area (Å²) in [6, 6.07) is 14.4. The minimum atomic E-state index is -0.261. The molecule has 0 radical (unpaired) electrons. The Morgan fingerprint density at radius 2 is 1.85 bits per heavy atom. The van der Waals surface area contributed by atoms with E-state index in [2.05, 4.69) is 0 Å². The van der Waals surface area contributed by atoms with Gasteiger partial charge in [0, 0.05) is 33.1 Å². The van der Waals surface area contributed by atoms with Gasteiger partial charge in [0.1, 0.15) is 5.82 Å². The van der Waals surface area contributed by atoms with Crippen molar-refractivity contribution in [2.75, 3.05) is 26.7 Å². The van der Waals surface area contributed by atoms with E-state index in [9.17, 15) is 14.0 Å². The van der Waals surface area contributed by atoms with E-state index >= 15 is 0 Å². The third kappa shape index (κ3) is 4.54. The highest BCUT2D eigenvalue weighted by Crippen LogP contribution is 2.23. The first-order valence-corrected chi connectivity index (χ1v) is 9.35. The van der Waals surface area contributed by atoms with Crippen molar-refractivity contribution in [3.8, 4) is 11.1 Å². The molecule has 0 N–H and O–H groups in total. The smallest absolute Gasteiger partial charge is 0.227 e. The topological polar surface area (TPSA) is 40.6 Å². The minimum Gasteiger partial charge on any atom is -0.344 e. The molecule has 27 heavy (non-hydrogen) atoms. The summed E-state index contributed by atoms with van der Waals surface area (Å²) in [5, 5.41) is 0. The molecular weight excluding hydrogens is 343 g/mol. The first-order chi connectivity index (χ1) is 13.0. The number of hydrogen-bond acceptors (Lipinski definition) is 2. The van der Waals surface area contributed by atoms with Gasteiger partial charge in [-0.3, -0.25) is 9.59 Å². The van der Waals surface area contributed by atoms with E-state index in [0.717, 1.165) is 16.7 Å². The van der Waals surface area contributed by atoms with Gasteiger partial charge in [0.25, 0.3) is 0 Å². The maximum Gasteiger partial charge on any atom is 0.227 e. The lowest BCUT2D eigenvalue weighted by Gasteiger charge is -2.23. The average Bonchev–Trinajstić information content (AvgIpc) is 2.82. The molecule has 0 aromatic heterocycles. The van der Waals surface area contributed by atoms with Crippen molar-refractivity contribution in [2.45, 2.75) is 19.8 Å². The molecule has 2 amide bonds. The molecule has 0 spiro atoms. The number of amides is 2. The molecule has 1 aliphatic heterocycles. The van der Waals surface area contributed by atoms with E-state index < -0.39 is 0 Å². The van der Waals surface area contributed by atoms with E-state index in [1.54, 1.807) is 29.0 Å². The molecule has 2 aromatic carbocycles. The van der Waals surface area contributed by atoms with Crippen molar-refractivity contribution in [3.05, 3.63) is 59.9 Å². The van der Waals surface area contributed by atoms with Crippen LogP contribution in [0.1, 0.15) is 18.9 Å². The van der Waals surface area contributed by atoms with Gasteiger partial charge in [0.2, 0.25) is 11.8 Å². The van der Waals surface area contributed by atoms with Crippen LogP contribution in [0.4, 0.5) is 4.39 Å². The van der Waals surface area contributed by atoms with Gasteiger partial charge in [-0.05, 0) is 35.2 Å². The quantitative estimate of drug-likeness (QED) is 0.830. The van der Waals surface area contributed by atoms with Crippen LogP contribution in [0.25, 0.3) is 11.1 Å². The summed E-state index contributed by atoms with van der Waals surface area (Å²) in [7, 11) is 1.80. The second-order valence-electron chi connectivity index (χ2n) is 7.06. The summed E-state index contributed by atoms with van der Waals surface area (Å²) in [4.78, 5) is 28.4. The third-order valence-electron chi connectivity index (χ3n) is 5.11. The van der Waals surface area contributed by atoms with Gasteiger partial charge in [-0.15, -0.1) is 0 Å². The first kappa shape index (κ1) is 19.1. The zero-order valence-corrected chi connectivity index (χ0v) is 15.8. The van der Waals surface area contributed by atoms with Crippen LogP contribution < -0.4 is 0 Å². The fourth-order valence-electron chi connectivity index (χ4n) is 3.53. The van der Waals surface area contributed by atoms with Gasteiger partial charge < -0.3 is 9.80 Å². The zero-order valence-electron chi connectivity index (χ0n) is 15.8. The van der Waals surface area contributed by atoms with Crippen LogP contribution in [0, 0.1) is 11.7 Å². The number of halogens is 1. The molecule has 5 heteroatoms. The Bertz CT molecular complexity index is 819. The van der Waals surface area contributed by atoms with Crippen LogP contribution in [-0.4, -0.2) is 48.3 Å². The Morgan fingerprint density at radius 1 is 1.11 bits per heavy atom. The Balaban J connectivity index is 1.81. The highest BCUT2D eigenvalue weighted by atomic mass is 19.1. The van der Waals surface area contributed by atoms with Crippen molar-refractivity contribution < 1.29 is 14.0 Å². The zero-order chi connectivity index (χ0) is 19.4. The van der Waals surface area contributed by atoms with Gasteiger partial charge in [0.05, 0.1) is 5.92 Å². The highest BCUT2D eigenvalue weighted by Gasteiger charge is 2.30. The number of benzene rings is 2. The number of rotatable bonds is 4. The SMILES string of the molecule is CCC(=O)N1CCN(C)C(=O)[C@H](Cc2cccc(-c3ccc(F)cc3)c2)C1. The number of carbonyl (C=O) groups excluding carboxylic acids is 2. The number of carbonyl (C=O) groups is 2. The van der Waals surface area contributed by atoms with Crippen LogP contribution in [0.2, 0.25) is 0 Å². The average molecular weight is 368 g/mol. The second-order valence-corrected chi connectivity index (χ2v) is 7.06. The maximum absolute atomic E-state index is 13.2. The molecule has 3 rings (SSSR count). The molecule has 2 aromatic rings. The molecule has 0 bridgehead atoms. The van der Waals surface area contributed by atoms with Crippen LogP contribution in [-0.2, 0) is 16.0 Å². The largest absolute Gasteiger partial charge is 0.344 e. The normalized spacial score (nSPS) is 17.7. The summed E-state index contributed by atoms with van der Waals surface area (Å²) in [6.45, 7) is 3.45. The van der Waals surface area contributed by atoms with E-state index in [0.29, 0.717) is 32.5 Å². The predicted molar refractivity (Wildman–Crippen MR) is 104 cm³/mol. The lowest BCUT2D eigenvalue weighted by Crippen LogP contribution is -2.37. The summed E-state index contributed by atoms with van der Waals surface area (Å²) < 4.78 is 13.2. The van der Waals surface area contributed by atoms with Crippen molar-refractivity contribution in [1.29, 1.82) is 0 Å². The Labute approximate surface area is 159 Å². The van der Waals surface area contributed by atoms with Crippen molar-refractivity contribution in [1.82, 2.24) is 9.80 Å².